The Morgan fingerprint density at radius 1 is 1.07 bits per heavy atom. The first-order chi connectivity index (χ1) is 21.5. The predicted octanol–water partition coefficient (Wildman–Crippen LogP) is 5.05. The number of ether oxygens (including phenoxy) is 3. The number of rotatable bonds is 10. The predicted molar refractivity (Wildman–Crippen MR) is 166 cm³/mol. The second-order valence-corrected chi connectivity index (χ2v) is 13.0. The molecular weight excluding hydrogens is 556 g/mol. The van der Waals surface area contributed by atoms with Gasteiger partial charge >= 0.3 is 0 Å². The minimum absolute atomic E-state index is 0.112. The van der Waals surface area contributed by atoms with Crippen molar-refractivity contribution < 1.29 is 19.0 Å². The maximum Gasteiger partial charge on any atom is 0.253 e. The van der Waals surface area contributed by atoms with Crippen LogP contribution in [0.4, 0.5) is 11.5 Å². The molecule has 10 nitrogen and oxygen atoms in total. The lowest BCUT2D eigenvalue weighted by Gasteiger charge is -2.56. The molecule has 2 heterocycles. The minimum atomic E-state index is -0.148. The van der Waals surface area contributed by atoms with Gasteiger partial charge < -0.3 is 24.8 Å². The molecule has 8 rings (SSSR count). The Hall–Kier alpha value is -3.94. The normalized spacial score (nSPS) is 25.9. The third-order valence-corrected chi connectivity index (χ3v) is 9.97. The van der Waals surface area contributed by atoms with E-state index in [2.05, 4.69) is 31.6 Å². The van der Waals surface area contributed by atoms with Crippen LogP contribution >= 0.6 is 0 Å². The van der Waals surface area contributed by atoms with Gasteiger partial charge in [-0.05, 0) is 87.0 Å². The average molecular weight is 597 g/mol. The van der Waals surface area contributed by atoms with Crippen LogP contribution in [0.2, 0.25) is 0 Å². The van der Waals surface area contributed by atoms with E-state index in [1.54, 1.807) is 19.2 Å². The van der Waals surface area contributed by atoms with Crippen LogP contribution in [0.25, 0.3) is 10.9 Å². The summed E-state index contributed by atoms with van der Waals surface area (Å²) in [7, 11) is 1.62. The zero-order chi connectivity index (χ0) is 30.1. The summed E-state index contributed by atoms with van der Waals surface area (Å²) in [5.41, 5.74) is 2.00. The number of nitriles is 1. The van der Waals surface area contributed by atoms with Crippen molar-refractivity contribution >= 4 is 28.3 Å². The van der Waals surface area contributed by atoms with Gasteiger partial charge in [0.2, 0.25) is 0 Å². The van der Waals surface area contributed by atoms with Crippen LogP contribution in [0, 0.1) is 29.1 Å². The molecule has 10 heteroatoms. The van der Waals surface area contributed by atoms with Crippen molar-refractivity contribution in [3.8, 4) is 17.6 Å². The summed E-state index contributed by atoms with van der Waals surface area (Å²) in [5.74, 6) is 3.84. The van der Waals surface area contributed by atoms with Crippen LogP contribution in [0.3, 0.4) is 0 Å². The molecule has 3 aromatic rings. The number of amides is 1. The maximum absolute atomic E-state index is 13.5. The Bertz CT molecular complexity index is 1540. The number of nitrogens with one attached hydrogen (secondary N) is 2. The molecule has 2 N–H and O–H groups in total. The number of nitrogens with zero attached hydrogens (tertiary/aromatic N) is 4. The van der Waals surface area contributed by atoms with Crippen LogP contribution in [-0.2, 0) is 4.74 Å². The average Bonchev–Trinajstić information content (AvgIpc) is 3.02. The van der Waals surface area contributed by atoms with E-state index in [4.69, 9.17) is 14.2 Å². The molecule has 5 fully saturated rings. The van der Waals surface area contributed by atoms with Crippen molar-refractivity contribution in [3.63, 3.8) is 0 Å². The third-order valence-electron chi connectivity index (χ3n) is 9.97. The number of morpholine rings is 1. The first kappa shape index (κ1) is 28.8. The van der Waals surface area contributed by atoms with Crippen molar-refractivity contribution in [1.82, 2.24) is 20.2 Å². The standard InChI is InChI=1S/C34H40N6O4/c1-42-30-16-29-28(15-31(30)44-8-2-5-40-6-9-43-10-7-40)32(37-21-36-29)38-26-3-4-27(25(14-26)20-35)33(41)39-34-17-22-11-23(18-34)13-24(12-22)19-34/h3-4,14-16,21-24H,2,5-13,17-19H2,1H3,(H,39,41)(H,36,37,38). The van der Waals surface area contributed by atoms with E-state index >= 15 is 0 Å². The van der Waals surface area contributed by atoms with E-state index in [0.29, 0.717) is 46.3 Å². The molecule has 4 aliphatic carbocycles. The van der Waals surface area contributed by atoms with Gasteiger partial charge in [-0.3, -0.25) is 9.69 Å². The first-order valence-corrected chi connectivity index (χ1v) is 15.9. The highest BCUT2D eigenvalue weighted by Gasteiger charge is 2.51. The highest BCUT2D eigenvalue weighted by molar-refractivity contribution is 5.98. The van der Waals surface area contributed by atoms with Crippen LogP contribution in [0.1, 0.15) is 60.9 Å². The zero-order valence-corrected chi connectivity index (χ0v) is 25.3. The number of hydrogen-bond donors (Lipinski definition) is 2. The van der Waals surface area contributed by atoms with Gasteiger partial charge in [-0.25, -0.2) is 9.97 Å². The van der Waals surface area contributed by atoms with Crippen molar-refractivity contribution in [2.24, 2.45) is 17.8 Å². The van der Waals surface area contributed by atoms with Gasteiger partial charge in [-0.15, -0.1) is 0 Å². The van der Waals surface area contributed by atoms with Gasteiger partial charge in [-0.2, -0.15) is 5.26 Å². The smallest absolute Gasteiger partial charge is 0.253 e. The second kappa shape index (κ2) is 12.2. The molecule has 0 radical (unpaired) electrons. The van der Waals surface area contributed by atoms with Crippen molar-refractivity contribution in [2.75, 3.05) is 51.9 Å². The number of carbonyl (C=O) groups is 1. The summed E-state index contributed by atoms with van der Waals surface area (Å²) in [6.45, 7) is 4.96. The third kappa shape index (κ3) is 5.91. The fraction of sp³-hybridized carbons (Fsp3) is 0.529. The number of carbonyl (C=O) groups excluding carboxylic acids is 1. The monoisotopic (exact) mass is 596 g/mol. The summed E-state index contributed by atoms with van der Waals surface area (Å²) in [6, 6.07) is 11.3. The minimum Gasteiger partial charge on any atom is -0.493 e. The number of fused-ring (bicyclic) bond motifs is 1. The van der Waals surface area contributed by atoms with E-state index < -0.39 is 0 Å². The summed E-state index contributed by atoms with van der Waals surface area (Å²) < 4.78 is 17.2. The molecule has 44 heavy (non-hydrogen) atoms. The number of hydrogen-bond acceptors (Lipinski definition) is 9. The van der Waals surface area contributed by atoms with Gasteiger partial charge in [0.15, 0.2) is 11.5 Å². The molecule has 0 unspecified atom stereocenters. The van der Waals surface area contributed by atoms with E-state index in [-0.39, 0.29) is 11.4 Å². The highest BCUT2D eigenvalue weighted by atomic mass is 16.5. The summed E-state index contributed by atoms with van der Waals surface area (Å²) in [6.07, 6.45) is 9.51. The van der Waals surface area contributed by atoms with E-state index in [9.17, 15) is 10.1 Å². The first-order valence-electron chi connectivity index (χ1n) is 15.9. The number of anilines is 2. The Balaban J connectivity index is 1.06. The fourth-order valence-corrected chi connectivity index (χ4v) is 8.35. The molecule has 230 valence electrons. The van der Waals surface area contributed by atoms with Crippen molar-refractivity contribution in [2.45, 2.75) is 50.5 Å². The maximum atomic E-state index is 13.5. The molecule has 1 amide bonds. The fourth-order valence-electron chi connectivity index (χ4n) is 8.35. The van der Waals surface area contributed by atoms with E-state index in [1.165, 1.54) is 25.6 Å². The van der Waals surface area contributed by atoms with Gasteiger partial charge in [-0.1, -0.05) is 0 Å². The molecular formula is C34H40N6O4. The Labute approximate surface area is 258 Å². The zero-order valence-electron chi connectivity index (χ0n) is 25.3. The lowest BCUT2D eigenvalue weighted by Crippen LogP contribution is -2.59. The van der Waals surface area contributed by atoms with Crippen molar-refractivity contribution in [1.29, 1.82) is 5.26 Å². The number of aromatic nitrogens is 2. The summed E-state index contributed by atoms with van der Waals surface area (Å²) in [5, 5.41) is 17.5. The molecule has 1 saturated heterocycles. The Morgan fingerprint density at radius 2 is 1.82 bits per heavy atom. The molecule has 5 aliphatic rings. The van der Waals surface area contributed by atoms with Crippen molar-refractivity contribution in [3.05, 3.63) is 47.8 Å². The SMILES string of the molecule is COc1cc2ncnc(Nc3ccc(C(=O)NC45CC6CC(CC(C6)C4)C5)c(C#N)c3)c2cc1OCCCN1CCOCC1. The van der Waals surface area contributed by atoms with Crippen LogP contribution in [-0.4, -0.2) is 72.9 Å². The second-order valence-electron chi connectivity index (χ2n) is 13.0. The quantitative estimate of drug-likeness (QED) is 0.310. The largest absolute Gasteiger partial charge is 0.493 e. The lowest BCUT2D eigenvalue weighted by atomic mass is 9.53. The van der Waals surface area contributed by atoms with E-state index in [0.717, 1.165) is 81.7 Å². The topological polar surface area (TPSA) is 122 Å². The molecule has 2 aromatic carbocycles. The molecule has 0 spiro atoms. The van der Waals surface area contributed by atoms with Gasteiger partial charge in [0.1, 0.15) is 18.2 Å². The molecule has 0 atom stereocenters. The Morgan fingerprint density at radius 3 is 2.52 bits per heavy atom. The van der Waals surface area contributed by atoms with Crippen LogP contribution in [0.15, 0.2) is 36.7 Å². The number of benzene rings is 2. The van der Waals surface area contributed by atoms with Gasteiger partial charge in [0.05, 0.1) is 43.6 Å². The summed E-state index contributed by atoms with van der Waals surface area (Å²) >= 11 is 0. The Kier molecular flexibility index (Phi) is 8.00. The molecule has 4 saturated carbocycles. The molecule has 4 bridgehead atoms. The van der Waals surface area contributed by atoms with Crippen LogP contribution < -0.4 is 20.1 Å². The van der Waals surface area contributed by atoms with Gasteiger partial charge in [0.25, 0.3) is 5.91 Å². The number of methoxy groups -OCH3 is 1. The van der Waals surface area contributed by atoms with E-state index in [1.807, 2.05) is 18.2 Å². The lowest BCUT2D eigenvalue weighted by molar-refractivity contribution is -0.0167. The molecule has 1 aliphatic heterocycles. The van der Waals surface area contributed by atoms with Crippen LogP contribution in [0.5, 0.6) is 11.5 Å². The molecule has 1 aromatic heterocycles. The summed E-state index contributed by atoms with van der Waals surface area (Å²) in [4.78, 5) is 24.8. The van der Waals surface area contributed by atoms with Gasteiger partial charge in [0, 0.05) is 42.3 Å². The highest BCUT2D eigenvalue weighted by Crippen LogP contribution is 2.55.